The fourth-order valence-corrected chi connectivity index (χ4v) is 5.24. The summed E-state index contributed by atoms with van der Waals surface area (Å²) in [5.41, 5.74) is -0.242. The Labute approximate surface area is 192 Å². The Morgan fingerprint density at radius 1 is 1.25 bits per heavy atom. The predicted molar refractivity (Wildman–Crippen MR) is 117 cm³/mol. The smallest absolute Gasteiger partial charge is 0.466 e. The van der Waals surface area contributed by atoms with Crippen LogP contribution in [0.5, 0.6) is 5.75 Å². The second kappa shape index (κ2) is 9.49. The Morgan fingerprint density at radius 3 is 2.59 bits per heavy atom. The van der Waals surface area contributed by atoms with Crippen LogP contribution in [0.4, 0.5) is 13.2 Å². The molecule has 0 amide bonds. The molecule has 3 aromatic rings. The van der Waals surface area contributed by atoms with Crippen LogP contribution < -0.4 is 16.0 Å². The van der Waals surface area contributed by atoms with E-state index in [1.807, 2.05) is 0 Å². The third-order valence-corrected chi connectivity index (χ3v) is 6.50. The number of carbonyl (C=O) groups excluding carboxylic acids is 1. The van der Waals surface area contributed by atoms with E-state index in [1.54, 1.807) is 13.0 Å². The number of aromatic nitrogens is 2. The van der Waals surface area contributed by atoms with Gasteiger partial charge >= 0.3 is 18.0 Å². The van der Waals surface area contributed by atoms with Gasteiger partial charge in [-0.1, -0.05) is 28.1 Å². The zero-order valence-corrected chi connectivity index (χ0v) is 19.4. The molecule has 1 aromatic carbocycles. The molecule has 0 saturated heterocycles. The molecule has 0 saturated carbocycles. The number of halogens is 4. The number of benzene rings is 1. The average Bonchev–Trinajstić information content (AvgIpc) is 3.11. The van der Waals surface area contributed by atoms with Gasteiger partial charge < -0.3 is 9.47 Å². The number of esters is 1. The van der Waals surface area contributed by atoms with Crippen molar-refractivity contribution >= 4 is 43.5 Å². The van der Waals surface area contributed by atoms with Gasteiger partial charge in [-0.25, -0.2) is 4.79 Å². The first kappa shape index (κ1) is 24.1. The Bertz CT molecular complexity index is 1280. The van der Waals surface area contributed by atoms with Crippen LogP contribution in [0.2, 0.25) is 0 Å². The zero-order valence-electron chi connectivity index (χ0n) is 17.0. The van der Waals surface area contributed by atoms with Crippen LogP contribution in [-0.4, -0.2) is 28.1 Å². The van der Waals surface area contributed by atoms with Crippen LogP contribution in [-0.2, 0) is 28.5 Å². The summed E-state index contributed by atoms with van der Waals surface area (Å²) in [6.45, 7) is 1.69. The maximum atomic E-state index is 13.2. The van der Waals surface area contributed by atoms with Crippen LogP contribution in [0, 0.1) is 0 Å². The summed E-state index contributed by atoms with van der Waals surface area (Å²) in [6.07, 6.45) is -4.99. The number of rotatable bonds is 7. The van der Waals surface area contributed by atoms with Gasteiger partial charge in [-0.05, 0) is 30.2 Å². The highest BCUT2D eigenvalue weighted by molar-refractivity contribution is 9.08. The van der Waals surface area contributed by atoms with Crippen molar-refractivity contribution in [3.05, 3.63) is 50.7 Å². The van der Waals surface area contributed by atoms with Crippen molar-refractivity contribution in [1.29, 1.82) is 0 Å². The monoisotopic (exact) mass is 534 g/mol. The van der Waals surface area contributed by atoms with Crippen LogP contribution in [0.25, 0.3) is 20.7 Å². The number of fused-ring (bicyclic) bond motifs is 1. The Kier molecular flexibility index (Phi) is 7.13. The van der Waals surface area contributed by atoms with Crippen molar-refractivity contribution in [2.24, 2.45) is 7.05 Å². The van der Waals surface area contributed by atoms with Crippen LogP contribution in [0.3, 0.4) is 0 Å². The van der Waals surface area contributed by atoms with Gasteiger partial charge in [0.2, 0.25) is 0 Å². The maximum absolute atomic E-state index is 13.2. The number of hydrogen-bond donors (Lipinski definition) is 0. The Morgan fingerprint density at radius 2 is 1.97 bits per heavy atom. The normalized spacial score (nSPS) is 11.7. The van der Waals surface area contributed by atoms with Gasteiger partial charge in [0.25, 0.3) is 5.56 Å². The van der Waals surface area contributed by atoms with Crippen molar-refractivity contribution < 1.29 is 27.4 Å². The molecule has 32 heavy (non-hydrogen) atoms. The van der Waals surface area contributed by atoms with Crippen molar-refractivity contribution in [2.45, 2.75) is 31.6 Å². The van der Waals surface area contributed by atoms with E-state index in [4.69, 9.17) is 4.74 Å². The largest absolute Gasteiger partial charge is 0.573 e. The zero-order chi connectivity index (χ0) is 23.6. The lowest BCUT2D eigenvalue weighted by Gasteiger charge is -2.10. The van der Waals surface area contributed by atoms with E-state index in [9.17, 15) is 27.6 Å². The number of carbonyl (C=O) groups is 1. The van der Waals surface area contributed by atoms with Crippen molar-refractivity contribution in [2.75, 3.05) is 6.61 Å². The molecule has 2 aromatic heterocycles. The topological polar surface area (TPSA) is 79.5 Å². The first-order valence-corrected chi connectivity index (χ1v) is 11.3. The molecule has 3 rings (SSSR count). The van der Waals surface area contributed by atoms with Crippen molar-refractivity contribution in [3.63, 3.8) is 0 Å². The summed E-state index contributed by atoms with van der Waals surface area (Å²) >= 11 is 4.46. The van der Waals surface area contributed by atoms with Gasteiger partial charge in [0.15, 0.2) is 0 Å². The standard InChI is InChI=1S/C20H18BrF3N2O5S/c1-3-30-14(27)7-8-26-17(28)15-13(10-21)16(32-18(15)25(2)19(26)29)11-5-4-6-12(9-11)31-20(22,23)24/h4-6,9H,3,7-8,10H2,1-2H3. The molecule has 0 radical (unpaired) electrons. The van der Waals surface area contributed by atoms with Gasteiger partial charge in [0.1, 0.15) is 10.6 Å². The van der Waals surface area contributed by atoms with E-state index < -0.39 is 29.3 Å². The number of thiophene rings is 1. The van der Waals surface area contributed by atoms with Crippen LogP contribution in [0.15, 0.2) is 33.9 Å². The average molecular weight is 535 g/mol. The SMILES string of the molecule is CCOC(=O)CCn1c(=O)c2c(CBr)c(-c3cccc(OC(F)(F)F)c3)sc2n(C)c1=O. The fraction of sp³-hybridized carbons (Fsp3) is 0.350. The third kappa shape index (κ3) is 4.90. The molecular formula is C20H18BrF3N2O5S. The van der Waals surface area contributed by atoms with E-state index in [-0.39, 0.29) is 30.3 Å². The minimum absolute atomic E-state index is 0.147. The van der Waals surface area contributed by atoms with Gasteiger partial charge in [-0.15, -0.1) is 24.5 Å². The van der Waals surface area contributed by atoms with Gasteiger partial charge in [0.05, 0.1) is 18.4 Å². The molecule has 7 nitrogen and oxygen atoms in total. The highest BCUT2D eigenvalue weighted by Crippen LogP contribution is 2.39. The molecule has 12 heteroatoms. The molecule has 0 aliphatic carbocycles. The predicted octanol–water partition coefficient (Wildman–Crippen LogP) is 4.18. The minimum atomic E-state index is -4.84. The van der Waals surface area contributed by atoms with E-state index in [2.05, 4.69) is 20.7 Å². The van der Waals surface area contributed by atoms with E-state index in [0.717, 1.165) is 15.9 Å². The Hall–Kier alpha value is -2.60. The van der Waals surface area contributed by atoms with E-state index in [1.165, 1.54) is 29.8 Å². The number of hydrogen-bond acceptors (Lipinski definition) is 6. The molecule has 0 unspecified atom stereocenters. The van der Waals surface area contributed by atoms with E-state index >= 15 is 0 Å². The summed E-state index contributed by atoms with van der Waals surface area (Å²) < 4.78 is 49.0. The summed E-state index contributed by atoms with van der Waals surface area (Å²) in [4.78, 5) is 38.5. The summed E-state index contributed by atoms with van der Waals surface area (Å²) in [6, 6.07) is 5.41. The molecule has 0 N–H and O–H groups in total. The van der Waals surface area contributed by atoms with E-state index in [0.29, 0.717) is 20.8 Å². The van der Waals surface area contributed by atoms with Crippen molar-refractivity contribution in [3.8, 4) is 16.2 Å². The summed E-state index contributed by atoms with van der Waals surface area (Å²) in [7, 11) is 1.49. The second-order valence-corrected chi connectivity index (χ2v) is 8.21. The lowest BCUT2D eigenvalue weighted by Crippen LogP contribution is -2.39. The van der Waals surface area contributed by atoms with Crippen LogP contribution >= 0.6 is 27.3 Å². The maximum Gasteiger partial charge on any atom is 0.573 e. The fourth-order valence-electron chi connectivity index (χ4n) is 3.23. The first-order chi connectivity index (χ1) is 15.1. The van der Waals surface area contributed by atoms with Crippen molar-refractivity contribution in [1.82, 2.24) is 9.13 Å². The molecule has 2 heterocycles. The molecule has 172 valence electrons. The van der Waals surface area contributed by atoms with Gasteiger partial charge in [-0.2, -0.15) is 0 Å². The molecular weight excluding hydrogens is 517 g/mol. The highest BCUT2D eigenvalue weighted by atomic mass is 79.9. The highest BCUT2D eigenvalue weighted by Gasteiger charge is 2.31. The van der Waals surface area contributed by atoms with Crippen LogP contribution in [0.1, 0.15) is 18.9 Å². The minimum Gasteiger partial charge on any atom is -0.466 e. The molecule has 0 aliphatic rings. The number of aryl methyl sites for hydroxylation is 1. The molecule has 0 bridgehead atoms. The summed E-state index contributed by atoms with van der Waals surface area (Å²) in [5.74, 6) is -0.927. The molecule has 0 fully saturated rings. The number of nitrogens with zero attached hydrogens (tertiary/aromatic N) is 2. The van der Waals surface area contributed by atoms with Gasteiger partial charge in [-0.3, -0.25) is 18.7 Å². The lowest BCUT2D eigenvalue weighted by molar-refractivity contribution is -0.274. The number of ether oxygens (including phenoxy) is 2. The van der Waals surface area contributed by atoms with Gasteiger partial charge in [0, 0.05) is 23.8 Å². The quantitative estimate of drug-likeness (QED) is 0.335. The first-order valence-electron chi connectivity index (χ1n) is 9.40. The summed E-state index contributed by atoms with van der Waals surface area (Å²) in [5, 5.41) is 0.479. The second-order valence-electron chi connectivity index (χ2n) is 6.65. The molecule has 0 aliphatic heterocycles. The Balaban J connectivity index is 2.16. The molecule has 0 atom stereocenters. The third-order valence-electron chi connectivity index (χ3n) is 4.58. The lowest BCUT2D eigenvalue weighted by atomic mass is 10.1. The molecule has 0 spiro atoms. The number of alkyl halides is 4.